The highest BCUT2D eigenvalue weighted by Gasteiger charge is 2.66. The summed E-state index contributed by atoms with van der Waals surface area (Å²) in [4.78, 5) is 2.56. The lowest BCUT2D eigenvalue weighted by Gasteiger charge is -2.30. The quantitative estimate of drug-likeness (QED) is 0.579. The molecule has 3 atom stereocenters. The largest absolute Gasteiger partial charge is 0.303 e. The Morgan fingerprint density at radius 3 is 2.25 bits per heavy atom. The molecule has 2 aliphatic rings. The molecule has 0 unspecified atom stereocenters. The lowest BCUT2D eigenvalue weighted by atomic mass is 9.94. The molecule has 1 aliphatic heterocycles. The minimum Gasteiger partial charge on any atom is -0.303 e. The summed E-state index contributed by atoms with van der Waals surface area (Å²) >= 11 is 0. The normalized spacial score (nSPS) is 45.0. The first kappa shape index (κ1) is 8.55. The Bertz CT molecular complexity index is 195. The zero-order valence-corrected chi connectivity index (χ0v) is 8.96. The van der Waals surface area contributed by atoms with Crippen LogP contribution in [-0.4, -0.2) is 24.5 Å². The Morgan fingerprint density at radius 1 is 1.33 bits per heavy atom. The molecule has 2 fully saturated rings. The Balaban J connectivity index is 2.13. The van der Waals surface area contributed by atoms with E-state index in [-0.39, 0.29) is 0 Å². The van der Waals surface area contributed by atoms with Gasteiger partial charge in [-0.25, -0.2) is 0 Å². The number of fused-ring (bicyclic) bond motifs is 1. The Kier molecular flexibility index (Phi) is 1.61. The summed E-state index contributed by atoms with van der Waals surface area (Å²) in [6.07, 6.45) is 0. The fourth-order valence-corrected chi connectivity index (χ4v) is 3.44. The number of hydrogen-bond acceptors (Lipinski definition) is 1. The van der Waals surface area contributed by atoms with E-state index in [0.29, 0.717) is 5.41 Å². The topological polar surface area (TPSA) is 3.24 Å². The zero-order chi connectivity index (χ0) is 9.09. The smallest absolute Gasteiger partial charge is 0.0152 e. The number of hydrogen-bond donors (Lipinski definition) is 0. The van der Waals surface area contributed by atoms with Crippen LogP contribution in [0.4, 0.5) is 0 Å². The van der Waals surface area contributed by atoms with Gasteiger partial charge in [-0.2, -0.15) is 0 Å². The lowest BCUT2D eigenvalue weighted by molar-refractivity contribution is 0.176. The monoisotopic (exact) mass is 167 g/mol. The molecule has 12 heavy (non-hydrogen) atoms. The Morgan fingerprint density at radius 2 is 1.92 bits per heavy atom. The molecule has 0 bridgehead atoms. The maximum Gasteiger partial charge on any atom is 0.0152 e. The molecule has 0 aromatic rings. The van der Waals surface area contributed by atoms with Crippen LogP contribution in [0.2, 0.25) is 0 Å². The Labute approximate surface area is 76.1 Å². The molecule has 0 radical (unpaired) electrons. The van der Waals surface area contributed by atoms with Gasteiger partial charge in [0.15, 0.2) is 0 Å². The first-order valence-corrected chi connectivity index (χ1v) is 5.16. The number of rotatable bonds is 1. The van der Waals surface area contributed by atoms with Crippen LogP contribution in [-0.2, 0) is 0 Å². The molecule has 1 saturated carbocycles. The number of piperidine rings is 1. The van der Waals surface area contributed by atoms with Gasteiger partial charge >= 0.3 is 0 Å². The first-order chi connectivity index (χ1) is 5.46. The fraction of sp³-hybridized carbons (Fsp3) is 1.00. The second kappa shape index (κ2) is 2.25. The third-order valence-corrected chi connectivity index (χ3v) is 4.18. The maximum atomic E-state index is 2.56. The molecule has 1 heteroatoms. The predicted molar refractivity (Wildman–Crippen MR) is 52.0 cm³/mol. The van der Waals surface area contributed by atoms with Crippen molar-refractivity contribution in [1.82, 2.24) is 4.90 Å². The summed E-state index contributed by atoms with van der Waals surface area (Å²) in [7, 11) is 2.28. The molecule has 0 amide bonds. The van der Waals surface area contributed by atoms with Gasteiger partial charge in [-0.1, -0.05) is 27.7 Å². The summed E-state index contributed by atoms with van der Waals surface area (Å²) in [5.41, 5.74) is 0.654. The van der Waals surface area contributed by atoms with Gasteiger partial charge in [0.05, 0.1) is 0 Å². The first-order valence-electron chi connectivity index (χ1n) is 5.16. The van der Waals surface area contributed by atoms with Crippen molar-refractivity contribution in [2.75, 3.05) is 13.6 Å². The van der Waals surface area contributed by atoms with Crippen LogP contribution in [0.25, 0.3) is 0 Å². The molecule has 1 aliphatic carbocycles. The van der Waals surface area contributed by atoms with Crippen LogP contribution in [0.3, 0.4) is 0 Å². The van der Waals surface area contributed by atoms with Crippen molar-refractivity contribution < 1.29 is 0 Å². The van der Waals surface area contributed by atoms with E-state index in [1.54, 1.807) is 0 Å². The highest BCUT2D eigenvalue weighted by atomic mass is 15.2. The van der Waals surface area contributed by atoms with Gasteiger partial charge in [0.25, 0.3) is 0 Å². The molecule has 0 spiro atoms. The van der Waals surface area contributed by atoms with E-state index in [2.05, 4.69) is 39.6 Å². The van der Waals surface area contributed by atoms with E-state index in [9.17, 15) is 0 Å². The van der Waals surface area contributed by atoms with Crippen LogP contribution in [0, 0.1) is 23.2 Å². The molecule has 0 aromatic carbocycles. The fourth-order valence-electron chi connectivity index (χ4n) is 3.44. The van der Waals surface area contributed by atoms with Crippen LogP contribution >= 0.6 is 0 Å². The molecule has 70 valence electrons. The minimum atomic E-state index is 0.654. The molecule has 0 aromatic heterocycles. The Hall–Kier alpha value is -0.0400. The summed E-state index contributed by atoms with van der Waals surface area (Å²) in [6.45, 7) is 10.9. The van der Waals surface area contributed by atoms with Gasteiger partial charge in [-0.05, 0) is 30.2 Å². The van der Waals surface area contributed by atoms with E-state index in [1.165, 1.54) is 6.54 Å². The van der Waals surface area contributed by atoms with Crippen molar-refractivity contribution in [3.05, 3.63) is 0 Å². The third kappa shape index (κ3) is 0.891. The van der Waals surface area contributed by atoms with E-state index >= 15 is 0 Å². The van der Waals surface area contributed by atoms with Crippen molar-refractivity contribution in [3.63, 3.8) is 0 Å². The van der Waals surface area contributed by atoms with Crippen molar-refractivity contribution in [1.29, 1.82) is 0 Å². The minimum absolute atomic E-state index is 0.654. The SMILES string of the molecule is CC(C)[C@@H]1[C@@H]2[C@H](CN1C)C2(C)C. The molecule has 2 rings (SSSR count). The molecular formula is C11H21N. The van der Waals surface area contributed by atoms with E-state index in [1.807, 2.05) is 0 Å². The van der Waals surface area contributed by atoms with Crippen LogP contribution in [0.1, 0.15) is 27.7 Å². The van der Waals surface area contributed by atoms with Gasteiger partial charge in [0, 0.05) is 12.6 Å². The summed E-state index contributed by atoms with van der Waals surface area (Å²) in [6, 6.07) is 0.852. The highest BCUT2D eigenvalue weighted by molar-refractivity contribution is 5.16. The van der Waals surface area contributed by atoms with Gasteiger partial charge in [-0.3, -0.25) is 0 Å². The summed E-state index contributed by atoms with van der Waals surface area (Å²) in [5, 5.41) is 0. The average molecular weight is 167 g/mol. The van der Waals surface area contributed by atoms with Crippen molar-refractivity contribution in [3.8, 4) is 0 Å². The predicted octanol–water partition coefficient (Wildman–Crippen LogP) is 2.23. The van der Waals surface area contributed by atoms with E-state index < -0.39 is 0 Å². The van der Waals surface area contributed by atoms with Crippen molar-refractivity contribution in [2.24, 2.45) is 23.2 Å². The lowest BCUT2D eigenvalue weighted by Crippen LogP contribution is -2.36. The van der Waals surface area contributed by atoms with E-state index in [4.69, 9.17) is 0 Å². The van der Waals surface area contributed by atoms with Gasteiger partial charge in [0.2, 0.25) is 0 Å². The average Bonchev–Trinajstić information content (AvgIpc) is 2.40. The highest BCUT2D eigenvalue weighted by Crippen LogP contribution is 2.65. The standard InChI is InChI=1S/C11H21N/c1-7(2)10-9-8(6-12(10)5)11(9,3)4/h7-10H,6H2,1-5H3/t8-,9-,10+/m0/s1. The molecule has 1 saturated heterocycles. The summed E-state index contributed by atoms with van der Waals surface area (Å²) in [5.74, 6) is 2.81. The van der Waals surface area contributed by atoms with Gasteiger partial charge < -0.3 is 4.90 Å². The molecule has 1 heterocycles. The molecule has 0 N–H and O–H groups in total. The molecular weight excluding hydrogens is 146 g/mol. The number of nitrogens with zero attached hydrogens (tertiary/aromatic N) is 1. The second-order valence-electron chi connectivity index (χ2n) is 5.63. The maximum absolute atomic E-state index is 2.56. The van der Waals surface area contributed by atoms with Gasteiger partial charge in [-0.15, -0.1) is 0 Å². The zero-order valence-electron chi connectivity index (χ0n) is 8.96. The van der Waals surface area contributed by atoms with Crippen LogP contribution in [0.15, 0.2) is 0 Å². The van der Waals surface area contributed by atoms with Gasteiger partial charge in [0.1, 0.15) is 0 Å². The van der Waals surface area contributed by atoms with Crippen LogP contribution in [0.5, 0.6) is 0 Å². The summed E-state index contributed by atoms with van der Waals surface area (Å²) < 4.78 is 0. The van der Waals surface area contributed by atoms with Crippen LogP contribution < -0.4 is 0 Å². The number of likely N-dealkylation sites (tertiary alicyclic amines) is 1. The molecule has 1 nitrogen and oxygen atoms in total. The second-order valence-corrected chi connectivity index (χ2v) is 5.63. The van der Waals surface area contributed by atoms with Crippen molar-refractivity contribution in [2.45, 2.75) is 33.7 Å². The van der Waals surface area contributed by atoms with Crippen molar-refractivity contribution >= 4 is 0 Å². The third-order valence-electron chi connectivity index (χ3n) is 4.18. The van der Waals surface area contributed by atoms with E-state index in [0.717, 1.165) is 23.8 Å².